The molecule has 6 nitrogen and oxygen atoms in total. The average Bonchev–Trinajstić information content (AvgIpc) is 3.02. The van der Waals surface area contributed by atoms with Crippen LogP contribution in [0.4, 0.5) is 0 Å². The highest BCUT2D eigenvalue weighted by atomic mass is 16.2. The van der Waals surface area contributed by atoms with Crippen molar-refractivity contribution in [1.29, 1.82) is 0 Å². The van der Waals surface area contributed by atoms with E-state index < -0.39 is 6.04 Å². The number of amides is 2. The van der Waals surface area contributed by atoms with E-state index in [0.717, 1.165) is 24.0 Å². The van der Waals surface area contributed by atoms with E-state index in [1.165, 1.54) is 0 Å². The van der Waals surface area contributed by atoms with Gasteiger partial charge in [-0.05, 0) is 24.5 Å². The molecule has 0 spiro atoms. The topological polar surface area (TPSA) is 77.2 Å². The van der Waals surface area contributed by atoms with Crippen molar-refractivity contribution >= 4 is 22.7 Å². The summed E-state index contributed by atoms with van der Waals surface area (Å²) >= 11 is 0. The van der Waals surface area contributed by atoms with Gasteiger partial charge in [0.05, 0.1) is 0 Å². The number of piperazine rings is 1. The number of para-hydroxylation sites is 1. The van der Waals surface area contributed by atoms with Gasteiger partial charge in [-0.2, -0.15) is 0 Å². The molecule has 1 aromatic carbocycles. The molecule has 2 atom stereocenters. The molecule has 6 heteroatoms. The number of benzene rings is 1. The summed E-state index contributed by atoms with van der Waals surface area (Å²) < 4.78 is 0. The summed E-state index contributed by atoms with van der Waals surface area (Å²) in [5.74, 6) is -0.270. The molecule has 3 rings (SSSR count). The molecule has 1 saturated heterocycles. The number of fused-ring (bicyclic) bond motifs is 1. The van der Waals surface area contributed by atoms with Crippen LogP contribution in [-0.2, 0) is 4.79 Å². The molecule has 2 amide bonds. The zero-order valence-corrected chi connectivity index (χ0v) is 15.9. The second-order valence-electron chi connectivity index (χ2n) is 8.13. The van der Waals surface area contributed by atoms with Gasteiger partial charge >= 0.3 is 0 Å². The third kappa shape index (κ3) is 3.75. The van der Waals surface area contributed by atoms with Crippen molar-refractivity contribution < 1.29 is 9.59 Å². The van der Waals surface area contributed by atoms with Gasteiger partial charge in [-0.15, -0.1) is 0 Å². The number of nitrogens with zero attached hydrogens (tertiary/aromatic N) is 1. The molecule has 1 aliphatic heterocycles. The van der Waals surface area contributed by atoms with E-state index in [2.05, 4.69) is 15.6 Å². The molecule has 0 aliphatic carbocycles. The highest BCUT2D eigenvalue weighted by Gasteiger charge is 2.38. The Hall–Kier alpha value is -2.34. The summed E-state index contributed by atoms with van der Waals surface area (Å²) in [4.78, 5) is 31.0. The quantitative estimate of drug-likeness (QED) is 0.788. The lowest BCUT2D eigenvalue weighted by molar-refractivity contribution is -0.138. The van der Waals surface area contributed by atoms with Crippen molar-refractivity contribution in [3.63, 3.8) is 0 Å². The maximum Gasteiger partial charge on any atom is 0.268 e. The van der Waals surface area contributed by atoms with Crippen molar-refractivity contribution in [2.24, 2.45) is 5.41 Å². The molecule has 3 N–H and O–H groups in total. The Labute approximate surface area is 154 Å². The van der Waals surface area contributed by atoms with Crippen molar-refractivity contribution in [1.82, 2.24) is 20.5 Å². The molecule has 140 valence electrons. The summed E-state index contributed by atoms with van der Waals surface area (Å²) in [6, 6.07) is 9.10. The number of hydrogen-bond donors (Lipinski definition) is 3. The maximum atomic E-state index is 13.2. The molecule has 0 bridgehead atoms. The van der Waals surface area contributed by atoms with Crippen LogP contribution in [0.25, 0.3) is 10.9 Å². The first-order valence-electron chi connectivity index (χ1n) is 9.17. The first-order chi connectivity index (χ1) is 12.3. The summed E-state index contributed by atoms with van der Waals surface area (Å²) in [6.45, 7) is 10.2. The number of aromatic amines is 1. The minimum absolute atomic E-state index is 0.0176. The van der Waals surface area contributed by atoms with Gasteiger partial charge in [-0.25, -0.2) is 0 Å². The Morgan fingerprint density at radius 3 is 2.65 bits per heavy atom. The van der Waals surface area contributed by atoms with Crippen LogP contribution in [0.1, 0.15) is 38.2 Å². The Bertz CT molecular complexity index is 772. The number of hydrogen-bond acceptors (Lipinski definition) is 3. The standard InChI is InChI=1S/C20H28N4O2/c1-13-12-21-9-10-24(13)19(26)17(20(2,3)4)23-18(25)16-11-14-7-5-6-8-15(14)22-16/h5-8,11,13,17,21-22H,9-10,12H2,1-4H3,(H,23,25)/t13?,17-/m1/s1. The fourth-order valence-electron chi connectivity index (χ4n) is 3.39. The largest absolute Gasteiger partial charge is 0.351 e. The summed E-state index contributed by atoms with van der Waals surface area (Å²) in [5.41, 5.74) is 0.997. The minimum atomic E-state index is -0.582. The molecule has 2 heterocycles. The second kappa shape index (κ2) is 7.11. The van der Waals surface area contributed by atoms with Crippen molar-refractivity contribution in [2.75, 3.05) is 19.6 Å². The Morgan fingerprint density at radius 2 is 2.00 bits per heavy atom. The first-order valence-corrected chi connectivity index (χ1v) is 9.17. The van der Waals surface area contributed by atoms with Gasteiger partial charge in [0, 0.05) is 36.6 Å². The van der Waals surface area contributed by atoms with Gasteiger partial charge in [0.25, 0.3) is 5.91 Å². The van der Waals surface area contributed by atoms with Crippen molar-refractivity contribution in [3.05, 3.63) is 36.0 Å². The normalized spacial score (nSPS) is 19.4. The van der Waals surface area contributed by atoms with E-state index in [-0.39, 0.29) is 23.3 Å². The molecule has 2 aromatic rings. The van der Waals surface area contributed by atoms with Crippen LogP contribution in [0, 0.1) is 5.41 Å². The first kappa shape index (κ1) is 18.5. The fraction of sp³-hybridized carbons (Fsp3) is 0.500. The fourth-order valence-corrected chi connectivity index (χ4v) is 3.39. The Morgan fingerprint density at radius 1 is 1.27 bits per heavy atom. The van der Waals surface area contributed by atoms with E-state index in [4.69, 9.17) is 0 Å². The van der Waals surface area contributed by atoms with Gasteiger partial charge < -0.3 is 20.5 Å². The highest BCUT2D eigenvalue weighted by molar-refractivity contribution is 6.00. The maximum absolute atomic E-state index is 13.2. The van der Waals surface area contributed by atoms with E-state index in [0.29, 0.717) is 12.2 Å². The summed E-state index contributed by atoms with van der Waals surface area (Å²) in [5, 5.41) is 7.24. The molecule has 0 radical (unpaired) electrons. The number of H-pyrrole nitrogens is 1. The lowest BCUT2D eigenvalue weighted by atomic mass is 9.85. The molecular formula is C20H28N4O2. The van der Waals surface area contributed by atoms with Crippen LogP contribution < -0.4 is 10.6 Å². The molecule has 1 unspecified atom stereocenters. The van der Waals surface area contributed by atoms with Crippen LogP contribution in [0.5, 0.6) is 0 Å². The second-order valence-corrected chi connectivity index (χ2v) is 8.13. The Kier molecular flexibility index (Phi) is 5.05. The number of carbonyl (C=O) groups excluding carboxylic acids is 2. The van der Waals surface area contributed by atoms with Crippen LogP contribution in [0.2, 0.25) is 0 Å². The third-order valence-electron chi connectivity index (χ3n) is 4.95. The number of aromatic nitrogens is 1. The predicted molar refractivity (Wildman–Crippen MR) is 103 cm³/mol. The van der Waals surface area contributed by atoms with Crippen LogP contribution in [-0.4, -0.2) is 53.4 Å². The van der Waals surface area contributed by atoms with Gasteiger partial charge in [0.2, 0.25) is 5.91 Å². The average molecular weight is 356 g/mol. The number of nitrogens with one attached hydrogen (secondary N) is 3. The summed E-state index contributed by atoms with van der Waals surface area (Å²) in [6.07, 6.45) is 0. The van der Waals surface area contributed by atoms with Gasteiger partial charge in [-0.1, -0.05) is 39.0 Å². The van der Waals surface area contributed by atoms with E-state index in [1.807, 2.05) is 62.9 Å². The zero-order valence-electron chi connectivity index (χ0n) is 15.9. The smallest absolute Gasteiger partial charge is 0.268 e. The van der Waals surface area contributed by atoms with Crippen LogP contribution in [0.3, 0.4) is 0 Å². The Balaban J connectivity index is 1.81. The minimum Gasteiger partial charge on any atom is -0.351 e. The molecule has 1 fully saturated rings. The number of rotatable bonds is 3. The van der Waals surface area contributed by atoms with E-state index in [1.54, 1.807) is 0 Å². The molecule has 0 saturated carbocycles. The highest BCUT2D eigenvalue weighted by Crippen LogP contribution is 2.23. The van der Waals surface area contributed by atoms with E-state index in [9.17, 15) is 9.59 Å². The summed E-state index contributed by atoms with van der Waals surface area (Å²) in [7, 11) is 0. The lowest BCUT2D eigenvalue weighted by Crippen LogP contribution is -2.60. The van der Waals surface area contributed by atoms with Crippen LogP contribution in [0.15, 0.2) is 30.3 Å². The van der Waals surface area contributed by atoms with E-state index >= 15 is 0 Å². The zero-order chi connectivity index (χ0) is 18.9. The van der Waals surface area contributed by atoms with Crippen molar-refractivity contribution in [2.45, 2.75) is 39.8 Å². The molecule has 1 aromatic heterocycles. The van der Waals surface area contributed by atoms with Gasteiger partial charge in [0.1, 0.15) is 11.7 Å². The number of carbonyl (C=O) groups is 2. The van der Waals surface area contributed by atoms with Crippen LogP contribution >= 0.6 is 0 Å². The van der Waals surface area contributed by atoms with Gasteiger partial charge in [-0.3, -0.25) is 9.59 Å². The molecule has 26 heavy (non-hydrogen) atoms. The monoisotopic (exact) mass is 356 g/mol. The predicted octanol–water partition coefficient (Wildman–Crippen LogP) is 2.13. The third-order valence-corrected chi connectivity index (χ3v) is 4.95. The van der Waals surface area contributed by atoms with Crippen molar-refractivity contribution in [3.8, 4) is 0 Å². The van der Waals surface area contributed by atoms with Gasteiger partial charge in [0.15, 0.2) is 0 Å². The lowest BCUT2D eigenvalue weighted by Gasteiger charge is -2.40. The SMILES string of the molecule is CC1CNCCN1C(=O)[C@@H](NC(=O)c1cc2ccccc2[nH]1)C(C)(C)C. The molecule has 1 aliphatic rings. The molecular weight excluding hydrogens is 328 g/mol.